The number of fused-ring (bicyclic) bond motifs is 2. The van der Waals surface area contributed by atoms with Crippen molar-refractivity contribution in [3.8, 4) is 23.0 Å². The Balaban J connectivity index is 1.74. The van der Waals surface area contributed by atoms with Crippen LogP contribution >= 0.6 is 0 Å². The third kappa shape index (κ3) is 3.73. The highest BCUT2D eigenvalue weighted by Crippen LogP contribution is 2.43. The van der Waals surface area contributed by atoms with Crippen LogP contribution in [0, 0.1) is 5.82 Å². The van der Waals surface area contributed by atoms with E-state index in [1.165, 1.54) is 19.4 Å². The van der Waals surface area contributed by atoms with Crippen LogP contribution in [0.15, 0.2) is 24.2 Å². The number of ether oxygens (including phenoxy) is 1. The molecule has 5 rings (SSSR count). The molecule has 178 valence electrons. The zero-order chi connectivity index (χ0) is 24.0. The Labute approximate surface area is 195 Å². The van der Waals surface area contributed by atoms with Crippen molar-refractivity contribution in [2.75, 3.05) is 25.1 Å². The number of hydrogen-bond acceptors (Lipinski definition) is 7. The molecule has 0 saturated carbocycles. The minimum Gasteiger partial charge on any atom is -0.508 e. The number of aromatic hydroxyl groups is 1. The number of hydrogen-bond donors (Lipinski definition) is 2. The third-order valence-corrected chi connectivity index (χ3v) is 6.58. The minimum atomic E-state index is -0.703. The van der Waals surface area contributed by atoms with Crippen molar-refractivity contribution in [1.82, 2.24) is 15.0 Å². The van der Waals surface area contributed by atoms with Gasteiger partial charge in [0.1, 0.15) is 28.6 Å². The maximum absolute atomic E-state index is 16.1. The maximum atomic E-state index is 16.1. The molecule has 2 aromatic heterocycles. The molecule has 1 aromatic carbocycles. The van der Waals surface area contributed by atoms with Crippen molar-refractivity contribution in [2.24, 2.45) is 0 Å². The Morgan fingerprint density at radius 1 is 1.21 bits per heavy atom. The van der Waals surface area contributed by atoms with Gasteiger partial charge in [-0.05, 0) is 54.5 Å². The van der Waals surface area contributed by atoms with E-state index in [1.54, 1.807) is 6.07 Å². The number of pyridine rings is 1. The molecular weight excluding hydrogens is 442 g/mol. The molecule has 2 N–H and O–H groups in total. The fourth-order valence-electron chi connectivity index (χ4n) is 5.01. The molecule has 1 unspecified atom stereocenters. The molecule has 3 aromatic rings. The first kappa shape index (κ1) is 22.5. The van der Waals surface area contributed by atoms with Crippen LogP contribution in [-0.4, -0.2) is 51.5 Å². The van der Waals surface area contributed by atoms with Crippen LogP contribution in [0.4, 0.5) is 14.6 Å². The largest absolute Gasteiger partial charge is 0.508 e. The quantitative estimate of drug-likeness (QED) is 0.581. The predicted molar refractivity (Wildman–Crippen MR) is 125 cm³/mol. The summed E-state index contributed by atoms with van der Waals surface area (Å²) in [6.07, 6.45) is 3.56. The second kappa shape index (κ2) is 8.79. The topological polar surface area (TPSA) is 91.6 Å². The average Bonchev–Trinajstić information content (AvgIpc) is 2.83. The fraction of sp³-hybridized carbons (Fsp3) is 0.400. The Bertz CT molecular complexity index is 1310. The van der Waals surface area contributed by atoms with E-state index in [2.05, 4.69) is 15.0 Å². The van der Waals surface area contributed by atoms with E-state index in [-0.39, 0.29) is 35.2 Å². The summed E-state index contributed by atoms with van der Waals surface area (Å²) in [6, 6.07) is 3.02. The van der Waals surface area contributed by atoms with E-state index in [4.69, 9.17) is 4.74 Å². The summed E-state index contributed by atoms with van der Waals surface area (Å²) in [5.74, 6) is -0.517. The van der Waals surface area contributed by atoms with Crippen LogP contribution in [0.5, 0.6) is 11.8 Å². The molecule has 2 aliphatic rings. The first-order chi connectivity index (χ1) is 16.4. The summed E-state index contributed by atoms with van der Waals surface area (Å²) < 4.78 is 36.0. The number of aryl methyl sites for hydroxylation is 1. The van der Waals surface area contributed by atoms with Crippen LogP contribution in [0.3, 0.4) is 0 Å². The maximum Gasteiger partial charge on any atom is 0.318 e. The fourth-order valence-corrected chi connectivity index (χ4v) is 5.01. The number of anilines is 1. The van der Waals surface area contributed by atoms with Gasteiger partial charge in [0.25, 0.3) is 0 Å². The van der Waals surface area contributed by atoms with Gasteiger partial charge in [-0.3, -0.25) is 4.98 Å². The minimum absolute atomic E-state index is 0.00302. The molecule has 0 amide bonds. The number of β-amino-alcohol motifs (C(OH)–C–C–N with tert-alkyl or cyclic N) is 1. The van der Waals surface area contributed by atoms with Crippen molar-refractivity contribution in [1.29, 1.82) is 0 Å². The Hall–Kier alpha value is -3.33. The van der Waals surface area contributed by atoms with Gasteiger partial charge in [-0.25, -0.2) is 8.78 Å². The van der Waals surface area contributed by atoms with E-state index < -0.39 is 11.9 Å². The lowest BCUT2D eigenvalue weighted by Gasteiger charge is -2.31. The first-order valence-electron chi connectivity index (χ1n) is 11.5. The molecule has 9 heteroatoms. The van der Waals surface area contributed by atoms with Gasteiger partial charge in [0.05, 0.1) is 18.6 Å². The van der Waals surface area contributed by atoms with Gasteiger partial charge in [-0.15, -0.1) is 0 Å². The second-order valence-corrected chi connectivity index (χ2v) is 8.72. The van der Waals surface area contributed by atoms with Crippen molar-refractivity contribution in [3.05, 3.63) is 41.1 Å². The van der Waals surface area contributed by atoms with Gasteiger partial charge >= 0.3 is 6.01 Å². The number of phenolic OH excluding ortho intramolecular Hbond substituents is 1. The van der Waals surface area contributed by atoms with E-state index in [0.29, 0.717) is 60.3 Å². The zero-order valence-corrected chi connectivity index (χ0v) is 19.1. The Kier molecular flexibility index (Phi) is 5.81. The number of phenols is 1. The molecule has 1 fully saturated rings. The van der Waals surface area contributed by atoms with Crippen molar-refractivity contribution in [3.63, 3.8) is 0 Å². The molecule has 3 heterocycles. The molecule has 0 bridgehead atoms. The molecule has 1 saturated heterocycles. The molecule has 1 aliphatic heterocycles. The number of aliphatic hydroxyl groups is 1. The highest BCUT2D eigenvalue weighted by atomic mass is 19.1. The molecule has 1 atom stereocenters. The number of aromatic nitrogens is 3. The molecule has 0 spiro atoms. The van der Waals surface area contributed by atoms with Crippen LogP contribution in [0.25, 0.3) is 27.7 Å². The van der Waals surface area contributed by atoms with Gasteiger partial charge in [0, 0.05) is 31.3 Å². The number of allylic oxidation sites excluding steroid dienone is 2. The molecule has 7 nitrogen and oxygen atoms in total. The summed E-state index contributed by atoms with van der Waals surface area (Å²) in [5.41, 5.74) is 2.16. The van der Waals surface area contributed by atoms with Crippen LogP contribution in [-0.2, 0) is 6.42 Å². The summed E-state index contributed by atoms with van der Waals surface area (Å²) >= 11 is 0. The first-order valence-corrected chi connectivity index (χ1v) is 11.5. The summed E-state index contributed by atoms with van der Waals surface area (Å²) in [7, 11) is 1.41. The lowest BCUT2D eigenvalue weighted by atomic mass is 9.84. The molecule has 34 heavy (non-hydrogen) atoms. The number of nitrogens with zero attached hydrogens (tertiary/aromatic N) is 4. The van der Waals surface area contributed by atoms with Crippen LogP contribution < -0.4 is 9.64 Å². The summed E-state index contributed by atoms with van der Waals surface area (Å²) in [5, 5.41) is 20.9. The average molecular weight is 469 g/mol. The Morgan fingerprint density at radius 3 is 2.76 bits per heavy atom. The molecule has 1 aliphatic carbocycles. The van der Waals surface area contributed by atoms with Gasteiger partial charge in [0.15, 0.2) is 5.82 Å². The number of methoxy groups -OCH3 is 1. The van der Waals surface area contributed by atoms with Gasteiger partial charge < -0.3 is 19.8 Å². The Morgan fingerprint density at radius 2 is 2.03 bits per heavy atom. The third-order valence-electron chi connectivity index (χ3n) is 6.58. The number of rotatable bonds is 4. The smallest absolute Gasteiger partial charge is 0.318 e. The van der Waals surface area contributed by atoms with Crippen LogP contribution in [0.2, 0.25) is 0 Å². The van der Waals surface area contributed by atoms with Gasteiger partial charge in [0.2, 0.25) is 0 Å². The van der Waals surface area contributed by atoms with E-state index in [0.717, 1.165) is 12.0 Å². The lowest BCUT2D eigenvalue weighted by Crippen LogP contribution is -2.39. The zero-order valence-electron chi connectivity index (χ0n) is 19.1. The second-order valence-electron chi connectivity index (χ2n) is 8.72. The van der Waals surface area contributed by atoms with E-state index >= 15 is 4.39 Å². The van der Waals surface area contributed by atoms with Gasteiger partial charge in [-0.2, -0.15) is 9.97 Å². The highest BCUT2D eigenvalue weighted by Gasteiger charge is 2.28. The van der Waals surface area contributed by atoms with Crippen molar-refractivity contribution in [2.45, 2.75) is 45.1 Å². The monoisotopic (exact) mass is 468 g/mol. The number of halogens is 2. The SMILES string of the molecule is CCC1=C(F)CCc2cc(O)cc(-c3ncc4c(N5CCCC(O)C5)nc(OC)nc4c3F)c21. The van der Waals surface area contributed by atoms with Crippen LogP contribution in [0.1, 0.15) is 43.7 Å². The predicted octanol–water partition coefficient (Wildman–Crippen LogP) is 4.54. The van der Waals surface area contributed by atoms with Crippen molar-refractivity contribution >= 4 is 22.3 Å². The number of aliphatic hydroxyl groups excluding tert-OH is 1. The van der Waals surface area contributed by atoms with Gasteiger partial charge in [-0.1, -0.05) is 6.92 Å². The summed E-state index contributed by atoms with van der Waals surface area (Å²) in [6.45, 7) is 2.87. The van der Waals surface area contributed by atoms with Crippen molar-refractivity contribution < 1.29 is 23.7 Å². The standard InChI is InChI=1S/C25H26F2N4O3/c1-3-16-19(26)7-6-13-9-15(33)10-17(20(13)16)22-21(27)23-18(11-28-22)24(30-25(29-23)34-2)31-8-4-5-14(32)12-31/h9-11,14,32-33H,3-8,12H2,1-2H3. The highest BCUT2D eigenvalue weighted by molar-refractivity contribution is 5.94. The number of piperidine rings is 1. The summed E-state index contributed by atoms with van der Waals surface area (Å²) in [4.78, 5) is 15.0. The van der Waals surface area contributed by atoms with E-state index in [1.807, 2.05) is 11.8 Å². The lowest BCUT2D eigenvalue weighted by molar-refractivity contribution is 0.154. The van der Waals surface area contributed by atoms with E-state index in [9.17, 15) is 14.6 Å². The molecular formula is C25H26F2N4O3. The molecule has 0 radical (unpaired) electrons. The number of benzene rings is 1. The normalized spacial score (nSPS) is 18.4.